The summed E-state index contributed by atoms with van der Waals surface area (Å²) in [4.78, 5) is -1.96. The molecule has 1 aromatic carbocycles. The first kappa shape index (κ1) is 17.4. The Morgan fingerprint density at radius 3 is 2.14 bits per heavy atom. The lowest BCUT2D eigenvalue weighted by molar-refractivity contribution is -0.0344. The van der Waals surface area contributed by atoms with Gasteiger partial charge in [0, 0.05) is 0 Å². The third-order valence-electron chi connectivity index (χ3n) is 3.18. The van der Waals surface area contributed by atoms with Crippen molar-refractivity contribution in [3.63, 3.8) is 0 Å². The standard InChI is InChI=1S/C12H15F5O4S/c13-22(14,15,16,17)9-3-1-8(2-4-9)5-20-7-11-12(19)10(18)6-21-11/h1-4,10-12,18-19H,5-7H2. The zero-order chi connectivity index (χ0) is 16.7. The van der Waals surface area contributed by atoms with Gasteiger partial charge in [0.05, 0.1) is 19.8 Å². The second-order valence-corrected chi connectivity index (χ2v) is 7.47. The highest BCUT2D eigenvalue weighted by atomic mass is 32.5. The smallest absolute Gasteiger partial charge is 0.310 e. The van der Waals surface area contributed by atoms with Gasteiger partial charge in [0.1, 0.15) is 23.2 Å². The van der Waals surface area contributed by atoms with Crippen LogP contribution in [0.4, 0.5) is 19.4 Å². The summed E-state index contributed by atoms with van der Waals surface area (Å²) in [6.07, 6.45) is -2.85. The molecule has 1 fully saturated rings. The highest BCUT2D eigenvalue weighted by Gasteiger charge is 2.65. The van der Waals surface area contributed by atoms with Crippen molar-refractivity contribution in [3.05, 3.63) is 29.8 Å². The lowest BCUT2D eigenvalue weighted by Gasteiger charge is -2.40. The van der Waals surface area contributed by atoms with Gasteiger partial charge in [0.25, 0.3) is 0 Å². The van der Waals surface area contributed by atoms with Crippen molar-refractivity contribution in [2.45, 2.75) is 29.8 Å². The molecule has 0 aromatic heterocycles. The molecule has 0 radical (unpaired) electrons. The van der Waals surface area contributed by atoms with Gasteiger partial charge < -0.3 is 19.7 Å². The molecule has 2 N–H and O–H groups in total. The molecule has 0 amide bonds. The van der Waals surface area contributed by atoms with E-state index in [4.69, 9.17) is 9.47 Å². The fraction of sp³-hybridized carbons (Fsp3) is 0.500. The van der Waals surface area contributed by atoms with Gasteiger partial charge in [-0.1, -0.05) is 31.6 Å². The van der Waals surface area contributed by atoms with Crippen molar-refractivity contribution in [2.24, 2.45) is 0 Å². The Labute approximate surface area is 123 Å². The van der Waals surface area contributed by atoms with E-state index in [1.165, 1.54) is 0 Å². The average Bonchev–Trinajstić information content (AvgIpc) is 2.69. The van der Waals surface area contributed by atoms with Gasteiger partial charge in [-0.05, 0) is 17.7 Å². The van der Waals surface area contributed by atoms with Crippen LogP contribution in [0.3, 0.4) is 0 Å². The van der Waals surface area contributed by atoms with Crippen LogP contribution in [-0.4, -0.2) is 41.7 Å². The third-order valence-corrected chi connectivity index (χ3v) is 4.34. The first-order valence-electron chi connectivity index (χ1n) is 6.25. The second kappa shape index (κ2) is 5.03. The van der Waals surface area contributed by atoms with Crippen LogP contribution >= 0.6 is 10.2 Å². The Balaban J connectivity index is 1.91. The minimum Gasteiger partial charge on any atom is -0.388 e. The van der Waals surface area contributed by atoms with E-state index < -0.39 is 33.4 Å². The zero-order valence-electron chi connectivity index (χ0n) is 11.2. The average molecular weight is 350 g/mol. The molecule has 1 aliphatic rings. The number of aliphatic hydroxyl groups excluding tert-OH is 2. The highest BCUT2D eigenvalue weighted by Crippen LogP contribution is 3.02. The van der Waals surface area contributed by atoms with E-state index in [0.29, 0.717) is 12.1 Å². The summed E-state index contributed by atoms with van der Waals surface area (Å²) in [5, 5.41) is 18.7. The number of ether oxygens (including phenoxy) is 2. The molecule has 4 nitrogen and oxygen atoms in total. The van der Waals surface area contributed by atoms with Gasteiger partial charge in [-0.2, -0.15) is 0 Å². The quantitative estimate of drug-likeness (QED) is 0.802. The summed E-state index contributed by atoms with van der Waals surface area (Å²) in [7, 11) is -9.65. The minimum absolute atomic E-state index is 0.0339. The van der Waals surface area contributed by atoms with Crippen molar-refractivity contribution in [1.29, 1.82) is 0 Å². The van der Waals surface area contributed by atoms with E-state index >= 15 is 0 Å². The van der Waals surface area contributed by atoms with Crippen LogP contribution in [0.1, 0.15) is 5.56 Å². The molecule has 2 rings (SSSR count). The van der Waals surface area contributed by atoms with Crippen LogP contribution in [-0.2, 0) is 16.1 Å². The van der Waals surface area contributed by atoms with Gasteiger partial charge in [-0.25, -0.2) is 0 Å². The topological polar surface area (TPSA) is 58.9 Å². The van der Waals surface area contributed by atoms with E-state index in [1.807, 2.05) is 0 Å². The Hall–Kier alpha value is -0.940. The summed E-state index contributed by atoms with van der Waals surface area (Å²) in [6.45, 7) is -0.251. The second-order valence-electron chi connectivity index (χ2n) is 5.06. The van der Waals surface area contributed by atoms with Gasteiger partial charge in [-0.15, -0.1) is 0 Å². The predicted octanol–water partition coefficient (Wildman–Crippen LogP) is 2.98. The van der Waals surface area contributed by atoms with Crippen LogP contribution in [0.15, 0.2) is 29.2 Å². The fourth-order valence-electron chi connectivity index (χ4n) is 1.95. The summed E-state index contributed by atoms with van der Waals surface area (Å²) < 4.78 is 72.8. The highest BCUT2D eigenvalue weighted by molar-refractivity contribution is 8.45. The molecule has 3 atom stereocenters. The van der Waals surface area contributed by atoms with Crippen molar-refractivity contribution in [3.8, 4) is 0 Å². The molecule has 0 saturated carbocycles. The Bertz CT molecular complexity index is 532. The number of rotatable bonds is 5. The number of hydrogen-bond acceptors (Lipinski definition) is 4. The van der Waals surface area contributed by atoms with Gasteiger partial charge in [0.2, 0.25) is 0 Å². The first-order chi connectivity index (χ1) is 9.86. The molecule has 1 aliphatic heterocycles. The van der Waals surface area contributed by atoms with Crippen LogP contribution in [0.5, 0.6) is 0 Å². The molecule has 0 spiro atoms. The Morgan fingerprint density at radius 1 is 1.09 bits per heavy atom. The first-order valence-corrected chi connectivity index (χ1v) is 8.20. The Morgan fingerprint density at radius 2 is 1.68 bits per heavy atom. The van der Waals surface area contributed by atoms with Crippen molar-refractivity contribution < 1.29 is 39.1 Å². The molecular formula is C12H15F5O4S. The van der Waals surface area contributed by atoms with Crippen molar-refractivity contribution >= 4 is 10.2 Å². The number of halogens is 5. The maximum Gasteiger partial charge on any atom is 0.310 e. The molecule has 1 aromatic rings. The van der Waals surface area contributed by atoms with Crippen LogP contribution < -0.4 is 0 Å². The van der Waals surface area contributed by atoms with Gasteiger partial charge in [0.15, 0.2) is 0 Å². The maximum absolute atomic E-state index is 12.5. The third kappa shape index (κ3) is 4.29. The minimum atomic E-state index is -9.65. The van der Waals surface area contributed by atoms with Crippen molar-refractivity contribution in [1.82, 2.24) is 0 Å². The monoisotopic (exact) mass is 350 g/mol. The molecule has 0 bridgehead atoms. The fourth-order valence-corrected chi connectivity index (χ4v) is 2.60. The van der Waals surface area contributed by atoms with Gasteiger partial charge >= 0.3 is 10.2 Å². The summed E-state index contributed by atoms with van der Waals surface area (Å²) in [6, 6.07) is 2.41. The Kier molecular flexibility index (Phi) is 3.98. The molecule has 10 heteroatoms. The summed E-state index contributed by atoms with van der Waals surface area (Å²) >= 11 is 0. The van der Waals surface area contributed by atoms with Gasteiger partial charge in [-0.3, -0.25) is 0 Å². The lowest BCUT2D eigenvalue weighted by Crippen LogP contribution is -2.32. The largest absolute Gasteiger partial charge is 0.388 e. The van der Waals surface area contributed by atoms with Crippen LogP contribution in [0.25, 0.3) is 0 Å². The number of aliphatic hydroxyl groups is 2. The maximum atomic E-state index is 12.5. The lowest BCUT2D eigenvalue weighted by atomic mass is 10.1. The number of benzene rings is 1. The molecule has 22 heavy (non-hydrogen) atoms. The zero-order valence-corrected chi connectivity index (χ0v) is 12.0. The summed E-state index contributed by atoms with van der Waals surface area (Å²) in [5.41, 5.74) is 0.263. The van der Waals surface area contributed by atoms with E-state index in [1.54, 1.807) is 0 Å². The molecule has 1 heterocycles. The van der Waals surface area contributed by atoms with Crippen LogP contribution in [0, 0.1) is 0 Å². The van der Waals surface area contributed by atoms with E-state index in [-0.39, 0.29) is 25.4 Å². The van der Waals surface area contributed by atoms with E-state index in [2.05, 4.69) is 0 Å². The normalized spacial score (nSPS) is 29.1. The summed E-state index contributed by atoms with van der Waals surface area (Å²) in [5.74, 6) is 0. The van der Waals surface area contributed by atoms with E-state index in [0.717, 1.165) is 12.1 Å². The molecule has 1 saturated heterocycles. The molecule has 0 aliphatic carbocycles. The van der Waals surface area contributed by atoms with E-state index in [9.17, 15) is 29.6 Å². The molecule has 128 valence electrons. The SMILES string of the molecule is OC1COC(COCc2ccc(S(F)(F)(F)(F)F)cc2)C1O. The number of hydrogen-bond donors (Lipinski definition) is 2. The molecule has 3 unspecified atom stereocenters. The van der Waals surface area contributed by atoms with Crippen LogP contribution in [0.2, 0.25) is 0 Å². The predicted molar refractivity (Wildman–Crippen MR) is 69.2 cm³/mol. The molecular weight excluding hydrogens is 335 g/mol. The van der Waals surface area contributed by atoms with Crippen molar-refractivity contribution in [2.75, 3.05) is 13.2 Å².